The van der Waals surface area contributed by atoms with Crippen LogP contribution in [0.25, 0.3) is 0 Å². The average Bonchev–Trinajstić information content (AvgIpc) is 2.02. The van der Waals surface area contributed by atoms with E-state index >= 15 is 0 Å². The Morgan fingerprint density at radius 1 is 1.14 bits per heavy atom. The predicted octanol–water partition coefficient (Wildman–Crippen LogP) is 2.04. The van der Waals surface area contributed by atoms with E-state index in [9.17, 15) is 9.59 Å². The van der Waals surface area contributed by atoms with Gasteiger partial charge in [-0.05, 0) is 24.6 Å². The summed E-state index contributed by atoms with van der Waals surface area (Å²) in [4.78, 5) is 21.3. The molecule has 0 aliphatic heterocycles. The topological polar surface area (TPSA) is 74.6 Å². The lowest BCUT2D eigenvalue weighted by molar-refractivity contribution is 0.0695. The number of halogens is 1. The highest BCUT2D eigenvalue weighted by atomic mass is 35.5. The lowest BCUT2D eigenvalue weighted by Gasteiger charge is -2.04. The van der Waals surface area contributed by atoms with E-state index in [1.807, 2.05) is 0 Å². The number of aromatic carboxylic acids is 2. The number of carbonyl (C=O) groups is 2. The van der Waals surface area contributed by atoms with E-state index < -0.39 is 11.9 Å². The Hall–Kier alpha value is -1.55. The monoisotopic (exact) mass is 214 g/mol. The third-order valence-corrected chi connectivity index (χ3v) is 2.09. The van der Waals surface area contributed by atoms with Gasteiger partial charge < -0.3 is 10.2 Å². The fourth-order valence-electron chi connectivity index (χ4n) is 1.07. The molecule has 1 rings (SSSR count). The number of benzene rings is 1. The zero-order valence-electron chi connectivity index (χ0n) is 7.24. The molecule has 5 heteroatoms. The third kappa shape index (κ3) is 1.85. The highest BCUT2D eigenvalue weighted by Crippen LogP contribution is 2.21. The van der Waals surface area contributed by atoms with Gasteiger partial charge in [-0.15, -0.1) is 0 Å². The summed E-state index contributed by atoms with van der Waals surface area (Å²) in [5.74, 6) is -2.40. The zero-order chi connectivity index (χ0) is 10.9. The van der Waals surface area contributed by atoms with Crippen molar-refractivity contribution in [3.05, 3.63) is 33.8 Å². The molecule has 0 saturated carbocycles. The summed E-state index contributed by atoms with van der Waals surface area (Å²) in [6, 6.07) is 2.39. The first-order valence-corrected chi connectivity index (χ1v) is 4.08. The molecule has 0 heterocycles. The van der Waals surface area contributed by atoms with Gasteiger partial charge in [-0.1, -0.05) is 11.6 Å². The highest BCUT2D eigenvalue weighted by molar-refractivity contribution is 6.33. The van der Waals surface area contributed by atoms with Crippen molar-refractivity contribution in [2.75, 3.05) is 0 Å². The van der Waals surface area contributed by atoms with Crippen LogP contribution >= 0.6 is 11.6 Å². The van der Waals surface area contributed by atoms with Crippen molar-refractivity contribution in [3.63, 3.8) is 0 Å². The Morgan fingerprint density at radius 2 is 1.64 bits per heavy atom. The Labute approximate surface area is 84.7 Å². The third-order valence-electron chi connectivity index (χ3n) is 1.77. The number of hydrogen-bond donors (Lipinski definition) is 2. The Kier molecular flexibility index (Phi) is 2.76. The standard InChI is InChI=1S/C9H7ClO4/c1-4-2-7(10)6(9(13)14)3-5(4)8(11)12/h2-3H,1H3,(H,11,12)(H,13,14). The molecule has 0 radical (unpaired) electrons. The second kappa shape index (κ2) is 3.67. The molecule has 0 spiro atoms. The van der Waals surface area contributed by atoms with Crippen molar-refractivity contribution in [1.29, 1.82) is 0 Å². The van der Waals surface area contributed by atoms with Gasteiger partial charge in [-0.25, -0.2) is 9.59 Å². The van der Waals surface area contributed by atoms with Crippen LogP contribution in [0.2, 0.25) is 5.02 Å². The predicted molar refractivity (Wildman–Crippen MR) is 50.1 cm³/mol. The van der Waals surface area contributed by atoms with E-state index in [1.165, 1.54) is 6.07 Å². The maximum absolute atomic E-state index is 10.7. The minimum Gasteiger partial charge on any atom is -0.478 e. The Morgan fingerprint density at radius 3 is 2.07 bits per heavy atom. The first kappa shape index (κ1) is 10.5. The van der Waals surface area contributed by atoms with Gasteiger partial charge in [0.25, 0.3) is 0 Å². The number of carboxylic acids is 2. The van der Waals surface area contributed by atoms with Crippen molar-refractivity contribution in [3.8, 4) is 0 Å². The quantitative estimate of drug-likeness (QED) is 0.790. The molecule has 0 aliphatic rings. The fourth-order valence-corrected chi connectivity index (χ4v) is 1.37. The van der Waals surface area contributed by atoms with Crippen LogP contribution in [0, 0.1) is 6.92 Å². The normalized spacial score (nSPS) is 9.86. The van der Waals surface area contributed by atoms with Gasteiger partial charge in [-0.2, -0.15) is 0 Å². The van der Waals surface area contributed by atoms with E-state index in [0.717, 1.165) is 6.07 Å². The van der Waals surface area contributed by atoms with Gasteiger partial charge in [0.15, 0.2) is 0 Å². The van der Waals surface area contributed by atoms with E-state index in [0.29, 0.717) is 5.56 Å². The van der Waals surface area contributed by atoms with Crippen LogP contribution in [-0.2, 0) is 0 Å². The second-order valence-corrected chi connectivity index (χ2v) is 3.16. The minimum atomic E-state index is -1.24. The molecule has 0 atom stereocenters. The van der Waals surface area contributed by atoms with Crippen molar-refractivity contribution in [2.45, 2.75) is 6.92 Å². The summed E-state index contributed by atoms with van der Waals surface area (Å²) < 4.78 is 0. The molecule has 0 amide bonds. The molecule has 0 unspecified atom stereocenters. The van der Waals surface area contributed by atoms with Crippen molar-refractivity contribution in [2.24, 2.45) is 0 Å². The van der Waals surface area contributed by atoms with Crippen LogP contribution in [0.5, 0.6) is 0 Å². The molecule has 0 aromatic heterocycles. The van der Waals surface area contributed by atoms with Crippen LogP contribution < -0.4 is 0 Å². The molecule has 4 nitrogen and oxygen atoms in total. The lowest BCUT2D eigenvalue weighted by atomic mass is 10.1. The molecule has 1 aromatic carbocycles. The molecule has 1 aromatic rings. The molecule has 0 saturated heterocycles. The van der Waals surface area contributed by atoms with Crippen LogP contribution in [-0.4, -0.2) is 22.2 Å². The lowest BCUT2D eigenvalue weighted by Crippen LogP contribution is -2.05. The molecule has 0 bridgehead atoms. The van der Waals surface area contributed by atoms with Crippen molar-refractivity contribution in [1.82, 2.24) is 0 Å². The van der Waals surface area contributed by atoms with E-state index in [-0.39, 0.29) is 16.1 Å². The summed E-state index contributed by atoms with van der Waals surface area (Å²) in [5, 5.41) is 17.5. The summed E-state index contributed by atoms with van der Waals surface area (Å²) in [5.41, 5.74) is 0.189. The number of hydrogen-bond acceptors (Lipinski definition) is 2. The highest BCUT2D eigenvalue weighted by Gasteiger charge is 2.15. The molecule has 0 fully saturated rings. The van der Waals surface area contributed by atoms with Crippen molar-refractivity contribution >= 4 is 23.5 Å². The molecule has 14 heavy (non-hydrogen) atoms. The van der Waals surface area contributed by atoms with Gasteiger partial charge in [0, 0.05) is 0 Å². The average molecular weight is 215 g/mol. The fraction of sp³-hybridized carbons (Fsp3) is 0.111. The van der Waals surface area contributed by atoms with Crippen LogP contribution in [0.1, 0.15) is 26.3 Å². The number of aryl methyl sites for hydroxylation is 1. The largest absolute Gasteiger partial charge is 0.478 e. The van der Waals surface area contributed by atoms with Crippen LogP contribution in [0.3, 0.4) is 0 Å². The van der Waals surface area contributed by atoms with Crippen molar-refractivity contribution < 1.29 is 19.8 Å². The van der Waals surface area contributed by atoms with Gasteiger partial charge in [0.05, 0.1) is 16.1 Å². The van der Waals surface area contributed by atoms with Gasteiger partial charge >= 0.3 is 11.9 Å². The first-order valence-electron chi connectivity index (χ1n) is 3.70. The molecule has 2 N–H and O–H groups in total. The number of carboxylic acid groups (broad SMARTS) is 2. The number of rotatable bonds is 2. The maximum atomic E-state index is 10.7. The van der Waals surface area contributed by atoms with Crippen LogP contribution in [0.15, 0.2) is 12.1 Å². The van der Waals surface area contributed by atoms with Crippen LogP contribution in [0.4, 0.5) is 0 Å². The van der Waals surface area contributed by atoms with Gasteiger partial charge in [0.2, 0.25) is 0 Å². The molecular weight excluding hydrogens is 208 g/mol. The summed E-state index contributed by atoms with van der Waals surface area (Å²) >= 11 is 5.63. The molecule has 74 valence electrons. The zero-order valence-corrected chi connectivity index (χ0v) is 8.00. The van der Waals surface area contributed by atoms with E-state index in [4.69, 9.17) is 21.8 Å². The van der Waals surface area contributed by atoms with Gasteiger partial charge in [-0.3, -0.25) is 0 Å². The minimum absolute atomic E-state index is 0.0417. The maximum Gasteiger partial charge on any atom is 0.337 e. The summed E-state index contributed by atoms with van der Waals surface area (Å²) in [7, 11) is 0. The smallest absolute Gasteiger partial charge is 0.337 e. The first-order chi connectivity index (χ1) is 6.43. The summed E-state index contributed by atoms with van der Waals surface area (Å²) in [6.45, 7) is 1.56. The van der Waals surface area contributed by atoms with E-state index in [1.54, 1.807) is 6.92 Å². The molecular formula is C9H7ClO4. The van der Waals surface area contributed by atoms with E-state index in [2.05, 4.69) is 0 Å². The Bertz CT molecular complexity index is 376. The SMILES string of the molecule is Cc1cc(Cl)c(C(=O)O)cc1C(=O)O. The van der Waals surface area contributed by atoms with Gasteiger partial charge in [0.1, 0.15) is 0 Å². The molecule has 0 aliphatic carbocycles. The Balaban J connectivity index is 3.42. The second-order valence-electron chi connectivity index (χ2n) is 2.76. The summed E-state index contributed by atoms with van der Waals surface area (Å²) in [6.07, 6.45) is 0.